The van der Waals surface area contributed by atoms with Gasteiger partial charge >= 0.3 is 0 Å². The van der Waals surface area contributed by atoms with Crippen LogP contribution in [0.2, 0.25) is 0 Å². The van der Waals surface area contributed by atoms with Gasteiger partial charge < -0.3 is 10.2 Å². The van der Waals surface area contributed by atoms with Crippen LogP contribution >= 0.6 is 0 Å². The summed E-state index contributed by atoms with van der Waals surface area (Å²) >= 11 is 0. The van der Waals surface area contributed by atoms with Crippen molar-refractivity contribution in [3.63, 3.8) is 0 Å². The van der Waals surface area contributed by atoms with Crippen LogP contribution < -0.4 is 0 Å². The summed E-state index contributed by atoms with van der Waals surface area (Å²) in [5.74, 6) is 0.595. The second kappa shape index (κ2) is 18.5. The van der Waals surface area contributed by atoms with Crippen LogP contribution in [0.15, 0.2) is 58.5 Å². The molecule has 0 heterocycles. The molecule has 1 fully saturated rings. The lowest BCUT2D eigenvalue weighted by Gasteiger charge is -2.36. The van der Waals surface area contributed by atoms with E-state index in [9.17, 15) is 10.2 Å². The molecule has 0 unspecified atom stereocenters. The second-order valence-electron chi connectivity index (χ2n) is 28.7. The van der Waals surface area contributed by atoms with Crippen molar-refractivity contribution >= 4 is 12.4 Å². The fraction of sp³-hybridized carbons (Fsp3) is 0.594. The number of rotatable bonds is 6. The average molecular weight is 923 g/mol. The lowest BCUT2D eigenvalue weighted by atomic mass is 9.69. The summed E-state index contributed by atoms with van der Waals surface area (Å²) in [4.78, 5) is 10.5. The van der Waals surface area contributed by atoms with Crippen LogP contribution in [0, 0.1) is 0 Å². The van der Waals surface area contributed by atoms with Crippen molar-refractivity contribution in [3.8, 4) is 33.8 Å². The molecule has 1 saturated carbocycles. The summed E-state index contributed by atoms with van der Waals surface area (Å²) in [5, 5.41) is 24.9. The highest BCUT2D eigenvalue weighted by atomic mass is 16.3. The number of benzene rings is 4. The van der Waals surface area contributed by atoms with Gasteiger partial charge in [-0.05, 0) is 124 Å². The molecule has 0 aliphatic heterocycles. The Kier molecular flexibility index (Phi) is 14.9. The third-order valence-electron chi connectivity index (χ3n) is 14.2. The Labute approximate surface area is 416 Å². The highest BCUT2D eigenvalue weighted by Gasteiger charge is 2.36. The molecule has 0 saturated heterocycles. The van der Waals surface area contributed by atoms with Gasteiger partial charge in [0.25, 0.3) is 0 Å². The van der Waals surface area contributed by atoms with E-state index in [0.717, 1.165) is 59.1 Å². The van der Waals surface area contributed by atoms with Crippen LogP contribution in [0.5, 0.6) is 11.5 Å². The van der Waals surface area contributed by atoms with Gasteiger partial charge in [-0.15, -0.1) is 0 Å². The number of hydrogen-bond acceptors (Lipinski definition) is 4. The smallest absolute Gasteiger partial charge is 0.128 e. The van der Waals surface area contributed by atoms with Crippen LogP contribution in [0.4, 0.5) is 0 Å². The molecule has 0 aromatic heterocycles. The number of hydrogen-bond donors (Lipinski definition) is 2. The maximum Gasteiger partial charge on any atom is 0.128 e. The van der Waals surface area contributed by atoms with Crippen LogP contribution in [0.25, 0.3) is 22.3 Å². The summed E-state index contributed by atoms with van der Waals surface area (Å²) in [6.45, 7) is 54.7. The lowest BCUT2D eigenvalue weighted by molar-refractivity contribution is 0.390. The number of aromatic hydroxyl groups is 2. The Balaban J connectivity index is 1.62. The molecule has 372 valence electrons. The summed E-state index contributed by atoms with van der Waals surface area (Å²) in [6, 6.07) is 18.2. The number of nitrogens with zero attached hydrogens (tertiary/aromatic N) is 2. The van der Waals surface area contributed by atoms with Crippen molar-refractivity contribution in [2.45, 2.75) is 247 Å². The van der Waals surface area contributed by atoms with Crippen molar-refractivity contribution in [2.24, 2.45) is 9.98 Å². The van der Waals surface area contributed by atoms with E-state index in [1.165, 1.54) is 44.5 Å². The molecular formula is C64H94N2O2. The summed E-state index contributed by atoms with van der Waals surface area (Å²) < 4.78 is 0. The molecule has 1 aliphatic rings. The van der Waals surface area contributed by atoms with E-state index < -0.39 is 0 Å². The summed E-state index contributed by atoms with van der Waals surface area (Å²) in [7, 11) is 0. The largest absolute Gasteiger partial charge is 0.507 e. The molecule has 0 amide bonds. The number of phenols is 2. The monoisotopic (exact) mass is 923 g/mol. The quantitative estimate of drug-likeness (QED) is 0.189. The van der Waals surface area contributed by atoms with Crippen LogP contribution in [0.3, 0.4) is 0 Å². The first-order chi connectivity index (χ1) is 30.6. The predicted octanol–water partition coefficient (Wildman–Crippen LogP) is 17.7. The van der Waals surface area contributed by atoms with E-state index in [-0.39, 0.29) is 55.4 Å². The van der Waals surface area contributed by atoms with Gasteiger partial charge in [0.1, 0.15) is 11.5 Å². The lowest BCUT2D eigenvalue weighted by Crippen LogP contribution is -2.27. The Morgan fingerprint density at radius 3 is 0.868 bits per heavy atom. The zero-order valence-electron chi connectivity index (χ0n) is 47.5. The topological polar surface area (TPSA) is 65.2 Å². The molecule has 2 N–H and O–H groups in total. The minimum Gasteiger partial charge on any atom is -0.507 e. The summed E-state index contributed by atoms with van der Waals surface area (Å²) in [6.07, 6.45) is 7.80. The molecule has 68 heavy (non-hydrogen) atoms. The Morgan fingerprint density at radius 1 is 0.382 bits per heavy atom. The van der Waals surface area contributed by atoms with Crippen molar-refractivity contribution in [2.75, 3.05) is 0 Å². The molecular weight excluding hydrogens is 829 g/mol. The molecule has 0 spiro atoms. The van der Waals surface area contributed by atoms with Gasteiger partial charge in [-0.1, -0.05) is 215 Å². The Bertz CT molecular complexity index is 2290. The normalized spacial score (nSPS) is 17.5. The van der Waals surface area contributed by atoms with Crippen molar-refractivity contribution in [1.82, 2.24) is 0 Å². The Morgan fingerprint density at radius 2 is 0.647 bits per heavy atom. The highest BCUT2D eigenvalue weighted by Crippen LogP contribution is 2.51. The first kappa shape index (κ1) is 54.8. The van der Waals surface area contributed by atoms with Crippen molar-refractivity contribution in [1.29, 1.82) is 0 Å². The van der Waals surface area contributed by atoms with Gasteiger partial charge in [-0.25, -0.2) is 0 Å². The minimum atomic E-state index is -0.351. The molecule has 4 aromatic carbocycles. The van der Waals surface area contributed by atoms with Crippen LogP contribution in [0.1, 0.15) is 247 Å². The fourth-order valence-corrected chi connectivity index (χ4v) is 10.2. The Hall–Kier alpha value is -4.18. The maximum absolute atomic E-state index is 12.4. The first-order valence-corrected chi connectivity index (χ1v) is 25.8. The molecule has 0 radical (unpaired) electrons. The predicted molar refractivity (Wildman–Crippen MR) is 298 cm³/mol. The van der Waals surface area contributed by atoms with E-state index in [2.05, 4.69) is 215 Å². The van der Waals surface area contributed by atoms with Gasteiger partial charge in [0.2, 0.25) is 0 Å². The van der Waals surface area contributed by atoms with Gasteiger partial charge in [-0.3, -0.25) is 9.98 Å². The first-order valence-electron chi connectivity index (χ1n) is 25.8. The van der Waals surface area contributed by atoms with Crippen LogP contribution in [-0.2, 0) is 43.3 Å². The van der Waals surface area contributed by atoms with E-state index in [1.54, 1.807) is 0 Å². The van der Waals surface area contributed by atoms with Crippen molar-refractivity contribution < 1.29 is 10.2 Å². The third-order valence-corrected chi connectivity index (χ3v) is 14.2. The molecule has 0 bridgehead atoms. The van der Waals surface area contributed by atoms with Gasteiger partial charge in [0.15, 0.2) is 0 Å². The average Bonchev–Trinajstić information content (AvgIpc) is 3.16. The number of phenolic OH excluding ortho intramolecular Hbond substituents is 2. The van der Waals surface area contributed by atoms with E-state index in [4.69, 9.17) is 9.98 Å². The van der Waals surface area contributed by atoms with E-state index >= 15 is 0 Å². The number of aliphatic imine (C=N–C) groups is 2. The van der Waals surface area contributed by atoms with E-state index in [0.29, 0.717) is 11.5 Å². The summed E-state index contributed by atoms with van der Waals surface area (Å²) in [5.41, 5.74) is 14.6. The SMILES string of the molecule is CC(C)(C)c1cc(C(C)(C)C)c(-c2ccc(C=N[C@H]3CCCC[C@@H]3N=Cc3ccc(-c4c(C(C)(C)C)cc(C(C)(C)C)cc4C(C)(C)C)c(C(C)(C)C)c3O)c(O)c2C(C)(C)C)c(C(C)(C)C)c1. The van der Waals surface area contributed by atoms with Gasteiger partial charge in [0.05, 0.1) is 12.1 Å². The van der Waals surface area contributed by atoms with E-state index in [1.807, 2.05) is 12.4 Å². The molecule has 4 nitrogen and oxygen atoms in total. The van der Waals surface area contributed by atoms with Crippen LogP contribution in [-0.4, -0.2) is 34.7 Å². The zero-order chi connectivity index (χ0) is 51.7. The molecule has 5 rings (SSSR count). The zero-order valence-corrected chi connectivity index (χ0v) is 47.5. The minimum absolute atomic E-state index is 0.0123. The highest BCUT2D eigenvalue weighted by molar-refractivity contribution is 5.91. The van der Waals surface area contributed by atoms with Gasteiger partial charge in [0, 0.05) is 34.7 Å². The van der Waals surface area contributed by atoms with Crippen molar-refractivity contribution in [3.05, 3.63) is 104 Å². The molecule has 4 aromatic rings. The molecule has 1 aliphatic carbocycles. The maximum atomic E-state index is 12.4. The molecule has 4 heteroatoms. The standard InChI is InChI=1S/C64H94N2O2/c1-57(2,3)41-33-45(59(7,8)9)51(46(34-41)60(10,11)12)43-31-29-39(55(67)53(43)63(19,20)21)37-65-49-27-25-26-28-50(49)66-38-40-30-32-44(54(56(40)68)64(22,23)24)52-47(61(13,14)15)35-42(58(4,5)6)36-48(52)62(16,17)18/h29-38,49-50,67-68H,25-28H2,1-24H3/t49-,50-/m0/s1. The third kappa shape index (κ3) is 11.9. The second-order valence-corrected chi connectivity index (χ2v) is 28.7. The molecule has 2 atom stereocenters. The van der Waals surface area contributed by atoms with Gasteiger partial charge in [-0.2, -0.15) is 0 Å². The fourth-order valence-electron chi connectivity index (χ4n) is 10.2.